The summed E-state index contributed by atoms with van der Waals surface area (Å²) in [6, 6.07) is 0. The van der Waals surface area contributed by atoms with E-state index < -0.39 is 23.6 Å². The van der Waals surface area contributed by atoms with E-state index in [0.29, 0.717) is 5.92 Å². The van der Waals surface area contributed by atoms with Crippen LogP contribution in [0.5, 0.6) is 0 Å². The Kier molecular flexibility index (Phi) is 4.43. The van der Waals surface area contributed by atoms with Crippen LogP contribution in [0.15, 0.2) is 11.1 Å². The van der Waals surface area contributed by atoms with Crippen molar-refractivity contribution in [2.24, 2.45) is 28.6 Å². The molecule has 4 fully saturated rings. The fourth-order valence-electron chi connectivity index (χ4n) is 7.34. The van der Waals surface area contributed by atoms with Gasteiger partial charge in [0.15, 0.2) is 12.1 Å². The van der Waals surface area contributed by atoms with Gasteiger partial charge in [-0.25, -0.2) is 0 Å². The Labute approximate surface area is 174 Å². The summed E-state index contributed by atoms with van der Waals surface area (Å²) < 4.78 is 18.4. The summed E-state index contributed by atoms with van der Waals surface area (Å²) in [5.41, 5.74) is 2.87. The topological polar surface area (TPSA) is 68.2 Å². The van der Waals surface area contributed by atoms with Crippen molar-refractivity contribution in [2.45, 2.75) is 110 Å². The SMILES string of the molecule is CC(C)C1=C2C3CC4OC(O)(C(O)C4C4OC(C)C(C)O4)C3(C)CCC2(C)CC1. The van der Waals surface area contributed by atoms with Crippen molar-refractivity contribution in [1.29, 1.82) is 0 Å². The van der Waals surface area contributed by atoms with E-state index in [0.717, 1.165) is 25.7 Å². The fourth-order valence-corrected chi connectivity index (χ4v) is 7.34. The third kappa shape index (κ3) is 2.51. The number of aliphatic hydroxyl groups is 2. The molecule has 0 amide bonds. The van der Waals surface area contributed by atoms with Crippen molar-refractivity contribution < 1.29 is 24.4 Å². The maximum absolute atomic E-state index is 11.8. The van der Waals surface area contributed by atoms with Crippen molar-refractivity contribution in [2.75, 3.05) is 0 Å². The van der Waals surface area contributed by atoms with Gasteiger partial charge in [0.1, 0.15) is 6.10 Å². The molecule has 0 aromatic heterocycles. The Hall–Kier alpha value is -0.460. The average Bonchev–Trinajstić information content (AvgIpc) is 3.23. The van der Waals surface area contributed by atoms with E-state index in [-0.39, 0.29) is 35.6 Å². The van der Waals surface area contributed by atoms with Crippen molar-refractivity contribution in [1.82, 2.24) is 0 Å². The molecule has 5 rings (SSSR count). The molecule has 5 aliphatic rings. The molecule has 5 heteroatoms. The van der Waals surface area contributed by atoms with Gasteiger partial charge in [-0.05, 0) is 63.2 Å². The highest BCUT2D eigenvalue weighted by Gasteiger charge is 2.73. The lowest BCUT2D eigenvalue weighted by Crippen LogP contribution is -2.62. The van der Waals surface area contributed by atoms with Gasteiger partial charge in [0.2, 0.25) is 0 Å². The van der Waals surface area contributed by atoms with Crippen molar-refractivity contribution in [3.63, 3.8) is 0 Å². The average molecular weight is 407 g/mol. The minimum absolute atomic E-state index is 0.0199. The number of hydrogen-bond donors (Lipinski definition) is 2. The number of rotatable bonds is 2. The van der Waals surface area contributed by atoms with Crippen LogP contribution >= 0.6 is 0 Å². The number of hydrogen-bond acceptors (Lipinski definition) is 5. The summed E-state index contributed by atoms with van der Waals surface area (Å²) in [6.45, 7) is 13.1. The van der Waals surface area contributed by atoms with Crippen molar-refractivity contribution >= 4 is 0 Å². The molecule has 9 atom stereocenters. The summed E-state index contributed by atoms with van der Waals surface area (Å²) in [7, 11) is 0. The second-order valence-corrected chi connectivity index (χ2v) is 11.3. The Morgan fingerprint density at radius 3 is 2.31 bits per heavy atom. The van der Waals surface area contributed by atoms with E-state index in [1.807, 2.05) is 13.8 Å². The van der Waals surface area contributed by atoms with E-state index in [9.17, 15) is 10.2 Å². The smallest absolute Gasteiger partial charge is 0.198 e. The fraction of sp³-hybridized carbons (Fsp3) is 0.917. The molecule has 3 saturated heterocycles. The van der Waals surface area contributed by atoms with Gasteiger partial charge < -0.3 is 24.4 Å². The van der Waals surface area contributed by atoms with Gasteiger partial charge in [0.05, 0.1) is 24.2 Å². The highest BCUT2D eigenvalue weighted by Crippen LogP contribution is 2.69. The first-order valence-corrected chi connectivity index (χ1v) is 11.6. The zero-order valence-electron chi connectivity index (χ0n) is 18.8. The molecular formula is C24H38O5. The van der Waals surface area contributed by atoms with Gasteiger partial charge in [-0.3, -0.25) is 0 Å². The van der Waals surface area contributed by atoms with E-state index >= 15 is 0 Å². The van der Waals surface area contributed by atoms with Crippen molar-refractivity contribution in [3.8, 4) is 0 Å². The quantitative estimate of drug-likeness (QED) is 0.683. The Morgan fingerprint density at radius 1 is 1.03 bits per heavy atom. The van der Waals surface area contributed by atoms with Crippen LogP contribution in [0.2, 0.25) is 0 Å². The summed E-state index contributed by atoms with van der Waals surface area (Å²) in [4.78, 5) is 0. The molecule has 3 heterocycles. The molecule has 3 aliphatic heterocycles. The highest BCUT2D eigenvalue weighted by molar-refractivity contribution is 5.37. The lowest BCUT2D eigenvalue weighted by Gasteiger charge is -2.58. The molecule has 29 heavy (non-hydrogen) atoms. The standard InChI is InChI=1S/C24H38O5/c1-12(2)15-7-8-22(5)9-10-23(6)16(19(15)22)11-17-18(20(25)24(23,26)29-17)21-27-13(3)14(4)28-21/h12-14,16-18,20-21,25-26H,7-11H2,1-6H3. The Balaban J connectivity index is 1.56. The van der Waals surface area contributed by atoms with Crippen LogP contribution in [-0.2, 0) is 14.2 Å². The summed E-state index contributed by atoms with van der Waals surface area (Å²) in [5, 5.41) is 23.2. The summed E-state index contributed by atoms with van der Waals surface area (Å²) in [6.07, 6.45) is 3.30. The first-order valence-electron chi connectivity index (χ1n) is 11.6. The minimum Gasteiger partial charge on any atom is -0.387 e. The Bertz CT molecular complexity index is 723. The van der Waals surface area contributed by atoms with Crippen LogP contribution in [0.25, 0.3) is 0 Å². The molecular weight excluding hydrogens is 368 g/mol. The molecule has 1 saturated carbocycles. The predicted molar refractivity (Wildman–Crippen MR) is 109 cm³/mol. The van der Waals surface area contributed by atoms with Gasteiger partial charge in [-0.15, -0.1) is 0 Å². The second kappa shape index (κ2) is 6.29. The summed E-state index contributed by atoms with van der Waals surface area (Å²) in [5.74, 6) is -1.15. The summed E-state index contributed by atoms with van der Waals surface area (Å²) >= 11 is 0. The molecule has 0 aromatic carbocycles. The van der Waals surface area contributed by atoms with Gasteiger partial charge in [0.25, 0.3) is 0 Å². The highest BCUT2D eigenvalue weighted by atomic mass is 16.7. The maximum atomic E-state index is 11.8. The minimum atomic E-state index is -1.55. The van der Waals surface area contributed by atoms with Crippen LogP contribution in [0.4, 0.5) is 0 Å². The van der Waals surface area contributed by atoms with Crippen molar-refractivity contribution in [3.05, 3.63) is 11.1 Å². The van der Waals surface area contributed by atoms with Gasteiger partial charge in [-0.1, -0.05) is 38.8 Å². The molecule has 164 valence electrons. The van der Waals surface area contributed by atoms with Crippen LogP contribution in [0.3, 0.4) is 0 Å². The zero-order chi connectivity index (χ0) is 20.9. The van der Waals surface area contributed by atoms with E-state index in [2.05, 4.69) is 27.7 Å². The predicted octanol–water partition coefficient (Wildman–Crippen LogP) is 3.77. The van der Waals surface area contributed by atoms with Crippen LogP contribution in [-0.4, -0.2) is 46.7 Å². The van der Waals surface area contributed by atoms with Gasteiger partial charge >= 0.3 is 0 Å². The van der Waals surface area contributed by atoms with E-state index in [1.165, 1.54) is 6.42 Å². The van der Waals surface area contributed by atoms with Gasteiger partial charge in [-0.2, -0.15) is 0 Å². The number of fused-ring (bicyclic) bond motifs is 6. The van der Waals surface area contributed by atoms with E-state index in [1.54, 1.807) is 11.1 Å². The Morgan fingerprint density at radius 2 is 1.69 bits per heavy atom. The molecule has 5 nitrogen and oxygen atoms in total. The van der Waals surface area contributed by atoms with Gasteiger partial charge in [0, 0.05) is 5.41 Å². The molecule has 0 radical (unpaired) electrons. The molecule has 0 spiro atoms. The third-order valence-corrected chi connectivity index (χ3v) is 9.44. The third-order valence-electron chi connectivity index (χ3n) is 9.44. The first-order chi connectivity index (χ1) is 13.5. The largest absolute Gasteiger partial charge is 0.387 e. The normalized spacial score (nSPS) is 56.8. The lowest BCUT2D eigenvalue weighted by molar-refractivity contribution is -0.328. The van der Waals surface area contributed by atoms with Crippen LogP contribution in [0, 0.1) is 28.6 Å². The lowest BCUT2D eigenvalue weighted by atomic mass is 9.52. The molecule has 2 bridgehead atoms. The molecule has 2 N–H and O–H groups in total. The van der Waals surface area contributed by atoms with E-state index in [4.69, 9.17) is 14.2 Å². The van der Waals surface area contributed by atoms with Crippen LogP contribution in [0.1, 0.15) is 73.6 Å². The number of allylic oxidation sites excluding steroid dienone is 2. The molecule has 9 unspecified atom stereocenters. The second-order valence-electron chi connectivity index (χ2n) is 11.3. The van der Waals surface area contributed by atoms with Crippen LogP contribution < -0.4 is 0 Å². The monoisotopic (exact) mass is 406 g/mol. The molecule has 2 aliphatic carbocycles. The number of aliphatic hydroxyl groups excluding tert-OH is 1. The zero-order valence-corrected chi connectivity index (χ0v) is 18.8. The number of ether oxygens (including phenoxy) is 3. The first kappa shape index (κ1) is 20.4. The molecule has 0 aromatic rings. The maximum Gasteiger partial charge on any atom is 0.198 e.